The number of ether oxygens (including phenoxy) is 3. The van der Waals surface area contributed by atoms with Crippen LogP contribution in [0.1, 0.15) is 36.9 Å². The Morgan fingerprint density at radius 1 is 1.40 bits per heavy atom. The lowest BCUT2D eigenvalue weighted by Crippen LogP contribution is -2.05. The van der Waals surface area contributed by atoms with Crippen LogP contribution in [-0.4, -0.2) is 25.8 Å². The predicted molar refractivity (Wildman–Crippen MR) is 58.9 cm³/mol. The second kappa shape index (κ2) is 6.17. The Labute approximate surface area is 94.2 Å². The van der Waals surface area contributed by atoms with Crippen LogP contribution in [0.4, 0.5) is 0 Å². The first kappa shape index (κ1) is 12.6. The van der Waals surface area contributed by atoms with Gasteiger partial charge in [0.25, 0.3) is 0 Å². The van der Waals surface area contributed by atoms with E-state index in [-0.39, 0.29) is 12.4 Å². The minimum atomic E-state index is -0.385. The fourth-order valence-corrected chi connectivity index (χ4v) is 2.08. The molecule has 0 radical (unpaired) electrons. The van der Waals surface area contributed by atoms with Crippen LogP contribution < -0.4 is 0 Å². The van der Waals surface area contributed by atoms with Crippen LogP contribution in [0.3, 0.4) is 0 Å². The molecule has 0 saturated carbocycles. The molecular formula is C10H17NO3S. The van der Waals surface area contributed by atoms with Crippen molar-refractivity contribution < 1.29 is 14.2 Å². The molecule has 0 saturated heterocycles. The van der Waals surface area contributed by atoms with E-state index >= 15 is 0 Å². The maximum atomic E-state index is 5.45. The van der Waals surface area contributed by atoms with Gasteiger partial charge < -0.3 is 14.2 Å². The zero-order valence-electron chi connectivity index (χ0n) is 9.52. The Balaban J connectivity index is 2.70. The average Bonchev–Trinajstić information content (AvgIpc) is 2.69. The van der Waals surface area contributed by atoms with Gasteiger partial charge in [-0.05, 0) is 13.8 Å². The second-order valence-corrected chi connectivity index (χ2v) is 3.90. The first-order valence-electron chi connectivity index (χ1n) is 4.85. The van der Waals surface area contributed by atoms with E-state index in [1.165, 1.54) is 0 Å². The van der Waals surface area contributed by atoms with Crippen molar-refractivity contribution in [2.24, 2.45) is 0 Å². The fraction of sp³-hybridized carbons (Fsp3) is 0.700. The lowest BCUT2D eigenvalue weighted by Gasteiger charge is -2.10. The van der Waals surface area contributed by atoms with E-state index in [1.807, 2.05) is 19.2 Å². The van der Waals surface area contributed by atoms with Crippen molar-refractivity contribution in [1.29, 1.82) is 0 Å². The molecule has 1 aromatic rings. The van der Waals surface area contributed by atoms with E-state index in [9.17, 15) is 0 Å². The molecule has 0 amide bonds. The largest absolute Gasteiger partial charge is 0.372 e. The number of hydrogen-bond acceptors (Lipinski definition) is 5. The van der Waals surface area contributed by atoms with E-state index in [2.05, 4.69) is 4.98 Å². The molecule has 86 valence electrons. The van der Waals surface area contributed by atoms with Crippen LogP contribution in [0.5, 0.6) is 0 Å². The number of rotatable bonds is 6. The minimum absolute atomic E-state index is 0.0307. The third kappa shape index (κ3) is 3.24. The first-order chi connectivity index (χ1) is 7.22. The molecule has 15 heavy (non-hydrogen) atoms. The molecule has 1 heterocycles. The quantitative estimate of drug-likeness (QED) is 0.705. The smallest absolute Gasteiger partial charge is 0.201 e. The van der Waals surface area contributed by atoms with Gasteiger partial charge in [0.05, 0.1) is 0 Å². The lowest BCUT2D eigenvalue weighted by molar-refractivity contribution is -0.108. The van der Waals surface area contributed by atoms with E-state index in [1.54, 1.807) is 25.6 Å². The van der Waals surface area contributed by atoms with E-state index in [0.29, 0.717) is 6.61 Å². The van der Waals surface area contributed by atoms with Crippen LogP contribution in [0.25, 0.3) is 0 Å². The molecular weight excluding hydrogens is 214 g/mol. The Hall–Kier alpha value is -0.490. The molecule has 0 aliphatic carbocycles. The zero-order chi connectivity index (χ0) is 11.3. The molecule has 1 rings (SSSR count). The summed E-state index contributed by atoms with van der Waals surface area (Å²) in [5, 5.41) is 2.88. The summed E-state index contributed by atoms with van der Waals surface area (Å²) in [7, 11) is 3.19. The van der Waals surface area contributed by atoms with Gasteiger partial charge in [-0.25, -0.2) is 4.98 Å². The maximum Gasteiger partial charge on any atom is 0.201 e. The summed E-state index contributed by atoms with van der Waals surface area (Å²) in [4.78, 5) is 4.41. The molecule has 0 aliphatic heterocycles. The maximum absolute atomic E-state index is 5.45. The van der Waals surface area contributed by atoms with Crippen LogP contribution >= 0.6 is 11.3 Å². The SMILES string of the molecule is CCOC(C)c1nc(C(OC)OC)cs1. The van der Waals surface area contributed by atoms with Crippen molar-refractivity contribution in [2.45, 2.75) is 26.2 Å². The molecule has 5 heteroatoms. The third-order valence-electron chi connectivity index (χ3n) is 1.97. The Bertz CT molecular complexity index is 286. The summed E-state index contributed by atoms with van der Waals surface area (Å²) in [6.45, 7) is 4.65. The highest BCUT2D eigenvalue weighted by atomic mass is 32.1. The summed E-state index contributed by atoms with van der Waals surface area (Å²) >= 11 is 1.56. The lowest BCUT2D eigenvalue weighted by atomic mass is 10.4. The molecule has 0 aromatic carbocycles. The van der Waals surface area contributed by atoms with Gasteiger partial charge in [0.1, 0.15) is 16.8 Å². The van der Waals surface area contributed by atoms with Gasteiger partial charge in [0.2, 0.25) is 6.29 Å². The summed E-state index contributed by atoms with van der Waals surface area (Å²) < 4.78 is 15.7. The van der Waals surface area contributed by atoms with Gasteiger partial charge in [0.15, 0.2) is 0 Å². The molecule has 0 fully saturated rings. The van der Waals surface area contributed by atoms with Crippen molar-refractivity contribution in [3.8, 4) is 0 Å². The van der Waals surface area contributed by atoms with Crippen LogP contribution in [0, 0.1) is 0 Å². The summed E-state index contributed by atoms with van der Waals surface area (Å²) in [5.41, 5.74) is 0.798. The Kier molecular flexibility index (Phi) is 5.17. The topological polar surface area (TPSA) is 40.6 Å². The number of hydrogen-bond donors (Lipinski definition) is 0. The number of thiazole rings is 1. The highest BCUT2D eigenvalue weighted by molar-refractivity contribution is 7.09. The molecule has 0 spiro atoms. The summed E-state index contributed by atoms with van der Waals surface area (Å²) in [5.74, 6) is 0. The van der Waals surface area contributed by atoms with Crippen LogP contribution in [0.15, 0.2) is 5.38 Å². The molecule has 1 aromatic heterocycles. The van der Waals surface area contributed by atoms with Crippen molar-refractivity contribution in [2.75, 3.05) is 20.8 Å². The number of methoxy groups -OCH3 is 2. The number of nitrogens with zero attached hydrogens (tertiary/aromatic N) is 1. The summed E-state index contributed by atoms with van der Waals surface area (Å²) in [6, 6.07) is 0. The molecule has 0 N–H and O–H groups in total. The van der Waals surface area contributed by atoms with E-state index < -0.39 is 0 Å². The Morgan fingerprint density at radius 2 is 2.07 bits per heavy atom. The molecule has 1 unspecified atom stereocenters. The molecule has 0 aliphatic rings. The van der Waals surface area contributed by atoms with Gasteiger partial charge in [-0.3, -0.25) is 0 Å². The van der Waals surface area contributed by atoms with Gasteiger partial charge >= 0.3 is 0 Å². The van der Waals surface area contributed by atoms with Gasteiger partial charge in [-0.2, -0.15) is 0 Å². The van der Waals surface area contributed by atoms with Crippen molar-refractivity contribution in [3.05, 3.63) is 16.1 Å². The fourth-order valence-electron chi connectivity index (χ4n) is 1.25. The average molecular weight is 231 g/mol. The van der Waals surface area contributed by atoms with E-state index in [4.69, 9.17) is 14.2 Å². The monoisotopic (exact) mass is 231 g/mol. The normalized spacial score (nSPS) is 13.4. The highest BCUT2D eigenvalue weighted by Gasteiger charge is 2.16. The molecule has 4 nitrogen and oxygen atoms in total. The predicted octanol–water partition coefficient (Wildman–Crippen LogP) is 2.53. The van der Waals surface area contributed by atoms with Crippen LogP contribution in [0.2, 0.25) is 0 Å². The molecule has 0 bridgehead atoms. The second-order valence-electron chi connectivity index (χ2n) is 3.01. The first-order valence-corrected chi connectivity index (χ1v) is 5.73. The standard InChI is InChI=1S/C10H17NO3S/c1-5-14-7(2)9-11-8(6-15-9)10(12-3)13-4/h6-7,10H,5H2,1-4H3. The molecule has 1 atom stereocenters. The highest BCUT2D eigenvalue weighted by Crippen LogP contribution is 2.25. The van der Waals surface area contributed by atoms with Gasteiger partial charge in [-0.15, -0.1) is 11.3 Å². The van der Waals surface area contributed by atoms with Crippen molar-refractivity contribution in [1.82, 2.24) is 4.98 Å². The van der Waals surface area contributed by atoms with Crippen molar-refractivity contribution in [3.63, 3.8) is 0 Å². The van der Waals surface area contributed by atoms with Gasteiger partial charge in [0, 0.05) is 26.2 Å². The Morgan fingerprint density at radius 3 is 2.60 bits per heavy atom. The zero-order valence-corrected chi connectivity index (χ0v) is 10.3. The van der Waals surface area contributed by atoms with Crippen LogP contribution in [-0.2, 0) is 14.2 Å². The van der Waals surface area contributed by atoms with Gasteiger partial charge in [-0.1, -0.05) is 0 Å². The van der Waals surface area contributed by atoms with Crippen molar-refractivity contribution >= 4 is 11.3 Å². The third-order valence-corrected chi connectivity index (χ3v) is 3.00. The number of aromatic nitrogens is 1. The minimum Gasteiger partial charge on any atom is -0.372 e. The van der Waals surface area contributed by atoms with E-state index in [0.717, 1.165) is 10.7 Å². The summed E-state index contributed by atoms with van der Waals surface area (Å²) in [6.07, 6.45) is -0.355.